The molecule has 0 spiro atoms. The third-order valence-electron chi connectivity index (χ3n) is 2.49. The molecule has 0 aliphatic rings. The zero-order valence-electron chi connectivity index (χ0n) is 11.1. The summed E-state index contributed by atoms with van der Waals surface area (Å²) in [5.41, 5.74) is 0.405. The minimum atomic E-state index is -0.366. The summed E-state index contributed by atoms with van der Waals surface area (Å²) in [7, 11) is 0. The van der Waals surface area contributed by atoms with Crippen LogP contribution in [0.4, 0.5) is 0 Å². The second kappa shape index (κ2) is 6.38. The Morgan fingerprint density at radius 1 is 1.55 bits per heavy atom. The van der Waals surface area contributed by atoms with E-state index in [1.54, 1.807) is 26.2 Å². The number of imidazole rings is 1. The fraction of sp³-hybridized carbons (Fsp3) is 0.333. The molecule has 8 heteroatoms. The van der Waals surface area contributed by atoms with Crippen molar-refractivity contribution in [3.63, 3.8) is 0 Å². The SMILES string of the molecule is Cc1cc(=O)[nH]c(S[C@@H](C)C(=O)NCc2ncc[nH]2)n1. The minimum Gasteiger partial charge on any atom is -0.348 e. The summed E-state index contributed by atoms with van der Waals surface area (Å²) >= 11 is 1.21. The Bertz CT molecular complexity index is 638. The fourth-order valence-electron chi connectivity index (χ4n) is 1.54. The summed E-state index contributed by atoms with van der Waals surface area (Å²) in [6.45, 7) is 3.83. The average molecular weight is 293 g/mol. The van der Waals surface area contributed by atoms with Gasteiger partial charge in [-0.05, 0) is 13.8 Å². The molecular formula is C12H15N5O2S. The molecule has 0 aromatic carbocycles. The first-order valence-corrected chi connectivity index (χ1v) is 6.93. The van der Waals surface area contributed by atoms with Crippen LogP contribution in [0.25, 0.3) is 0 Å². The summed E-state index contributed by atoms with van der Waals surface area (Å²) in [5, 5.41) is 2.84. The average Bonchev–Trinajstić information content (AvgIpc) is 2.87. The molecule has 0 fully saturated rings. The Balaban J connectivity index is 1.91. The number of aromatic nitrogens is 4. The van der Waals surface area contributed by atoms with Crippen molar-refractivity contribution in [2.75, 3.05) is 0 Å². The number of aryl methyl sites for hydroxylation is 1. The summed E-state index contributed by atoms with van der Waals surface area (Å²) < 4.78 is 0. The number of hydrogen-bond acceptors (Lipinski definition) is 5. The number of H-pyrrole nitrogens is 2. The molecular weight excluding hydrogens is 278 g/mol. The molecule has 0 aliphatic heterocycles. The van der Waals surface area contributed by atoms with E-state index in [0.29, 0.717) is 23.2 Å². The molecule has 7 nitrogen and oxygen atoms in total. The molecule has 106 valence electrons. The van der Waals surface area contributed by atoms with Gasteiger partial charge < -0.3 is 15.3 Å². The van der Waals surface area contributed by atoms with Gasteiger partial charge in [-0.2, -0.15) is 0 Å². The lowest BCUT2D eigenvalue weighted by Gasteiger charge is -2.10. The maximum absolute atomic E-state index is 11.9. The summed E-state index contributed by atoms with van der Waals surface area (Å²) in [5.74, 6) is 0.549. The monoisotopic (exact) mass is 293 g/mol. The second-order valence-electron chi connectivity index (χ2n) is 4.21. The maximum Gasteiger partial charge on any atom is 0.251 e. The second-order valence-corrected chi connectivity index (χ2v) is 5.54. The molecule has 0 radical (unpaired) electrons. The Morgan fingerprint density at radius 2 is 2.35 bits per heavy atom. The molecule has 0 aliphatic carbocycles. The number of amides is 1. The maximum atomic E-state index is 11.9. The van der Waals surface area contributed by atoms with Crippen LogP contribution < -0.4 is 10.9 Å². The summed E-state index contributed by atoms with van der Waals surface area (Å²) in [6.07, 6.45) is 3.32. The molecule has 2 aromatic rings. The van der Waals surface area contributed by atoms with Gasteiger partial charge in [0.2, 0.25) is 5.91 Å². The van der Waals surface area contributed by atoms with Crippen LogP contribution in [-0.4, -0.2) is 31.1 Å². The van der Waals surface area contributed by atoms with E-state index in [1.807, 2.05) is 0 Å². The Hall–Kier alpha value is -2.09. The third-order valence-corrected chi connectivity index (χ3v) is 3.47. The quantitative estimate of drug-likeness (QED) is 0.553. The van der Waals surface area contributed by atoms with Gasteiger partial charge in [0.1, 0.15) is 5.82 Å². The summed E-state index contributed by atoms with van der Waals surface area (Å²) in [4.78, 5) is 36.9. The Kier molecular flexibility index (Phi) is 4.57. The van der Waals surface area contributed by atoms with Gasteiger partial charge in [0.05, 0.1) is 11.8 Å². The van der Waals surface area contributed by atoms with Crippen LogP contribution in [0, 0.1) is 6.92 Å². The van der Waals surface area contributed by atoms with Crippen LogP contribution >= 0.6 is 11.8 Å². The van der Waals surface area contributed by atoms with Crippen molar-refractivity contribution >= 4 is 17.7 Å². The number of hydrogen-bond donors (Lipinski definition) is 3. The number of aromatic amines is 2. The predicted octanol–water partition coefficient (Wildman–Crippen LogP) is 0.598. The largest absolute Gasteiger partial charge is 0.348 e. The first kappa shape index (κ1) is 14.3. The van der Waals surface area contributed by atoms with Crippen molar-refractivity contribution in [3.05, 3.63) is 40.3 Å². The molecule has 0 saturated carbocycles. The van der Waals surface area contributed by atoms with Crippen LogP contribution in [0.3, 0.4) is 0 Å². The van der Waals surface area contributed by atoms with Crippen molar-refractivity contribution in [2.24, 2.45) is 0 Å². The van der Waals surface area contributed by atoms with Crippen LogP contribution in [0.5, 0.6) is 0 Å². The van der Waals surface area contributed by atoms with Gasteiger partial charge >= 0.3 is 0 Å². The van der Waals surface area contributed by atoms with Gasteiger partial charge in [0.25, 0.3) is 5.56 Å². The van der Waals surface area contributed by atoms with Crippen molar-refractivity contribution in [1.29, 1.82) is 0 Å². The lowest BCUT2D eigenvalue weighted by Crippen LogP contribution is -2.31. The van der Waals surface area contributed by atoms with Gasteiger partial charge in [0.15, 0.2) is 5.16 Å². The topological polar surface area (TPSA) is 104 Å². The van der Waals surface area contributed by atoms with E-state index in [2.05, 4.69) is 25.3 Å². The van der Waals surface area contributed by atoms with E-state index in [0.717, 1.165) is 0 Å². The van der Waals surface area contributed by atoms with Gasteiger partial charge in [-0.25, -0.2) is 9.97 Å². The van der Waals surface area contributed by atoms with Crippen molar-refractivity contribution in [3.8, 4) is 0 Å². The molecule has 1 atom stereocenters. The van der Waals surface area contributed by atoms with Gasteiger partial charge in [-0.15, -0.1) is 0 Å². The first-order valence-electron chi connectivity index (χ1n) is 6.05. The number of thioether (sulfide) groups is 1. The first-order chi connectivity index (χ1) is 9.54. The highest BCUT2D eigenvalue weighted by atomic mass is 32.2. The lowest BCUT2D eigenvalue weighted by atomic mass is 10.4. The zero-order chi connectivity index (χ0) is 14.5. The van der Waals surface area contributed by atoms with E-state index in [4.69, 9.17) is 0 Å². The van der Waals surface area contributed by atoms with E-state index in [1.165, 1.54) is 17.8 Å². The highest BCUT2D eigenvalue weighted by Crippen LogP contribution is 2.18. The molecule has 2 heterocycles. The normalized spacial score (nSPS) is 12.1. The lowest BCUT2D eigenvalue weighted by molar-refractivity contribution is -0.120. The standard InChI is InChI=1S/C12H15N5O2S/c1-7-5-10(18)17-12(16-7)20-8(2)11(19)15-6-9-13-3-4-14-9/h3-5,8H,6H2,1-2H3,(H,13,14)(H,15,19)(H,16,17,18)/t8-/m0/s1. The van der Waals surface area contributed by atoms with E-state index >= 15 is 0 Å². The minimum absolute atomic E-state index is 0.143. The van der Waals surface area contributed by atoms with Crippen LogP contribution in [0.2, 0.25) is 0 Å². The van der Waals surface area contributed by atoms with Gasteiger partial charge in [-0.3, -0.25) is 9.59 Å². The van der Waals surface area contributed by atoms with E-state index in [-0.39, 0.29) is 16.7 Å². The molecule has 0 bridgehead atoms. The van der Waals surface area contributed by atoms with Crippen molar-refractivity contribution in [1.82, 2.24) is 25.3 Å². The molecule has 20 heavy (non-hydrogen) atoms. The van der Waals surface area contributed by atoms with Gasteiger partial charge in [0, 0.05) is 24.2 Å². The smallest absolute Gasteiger partial charge is 0.251 e. The number of carbonyl (C=O) groups is 1. The number of rotatable bonds is 5. The predicted molar refractivity (Wildman–Crippen MR) is 75.3 cm³/mol. The molecule has 1 amide bonds. The Labute approximate surface area is 119 Å². The number of nitrogens with one attached hydrogen (secondary N) is 3. The fourth-order valence-corrected chi connectivity index (χ4v) is 2.42. The third kappa shape index (κ3) is 3.95. The molecule has 2 rings (SSSR count). The Morgan fingerprint density at radius 3 is 3.00 bits per heavy atom. The van der Waals surface area contributed by atoms with Crippen LogP contribution in [-0.2, 0) is 11.3 Å². The molecule has 2 aromatic heterocycles. The zero-order valence-corrected chi connectivity index (χ0v) is 12.0. The van der Waals surface area contributed by atoms with E-state index in [9.17, 15) is 9.59 Å². The summed E-state index contributed by atoms with van der Waals surface area (Å²) in [6, 6.07) is 1.41. The molecule has 0 unspecified atom stereocenters. The molecule has 3 N–H and O–H groups in total. The van der Waals surface area contributed by atoms with Crippen molar-refractivity contribution in [2.45, 2.75) is 30.8 Å². The highest BCUT2D eigenvalue weighted by molar-refractivity contribution is 8.00. The van der Waals surface area contributed by atoms with E-state index < -0.39 is 0 Å². The van der Waals surface area contributed by atoms with Crippen LogP contribution in [0.1, 0.15) is 18.4 Å². The number of carbonyl (C=O) groups excluding carboxylic acids is 1. The molecule has 0 saturated heterocycles. The van der Waals surface area contributed by atoms with Crippen molar-refractivity contribution < 1.29 is 4.79 Å². The van der Waals surface area contributed by atoms with Gasteiger partial charge in [-0.1, -0.05) is 11.8 Å². The highest BCUT2D eigenvalue weighted by Gasteiger charge is 2.15. The van der Waals surface area contributed by atoms with Crippen LogP contribution in [0.15, 0.2) is 28.4 Å². The number of nitrogens with zero attached hydrogens (tertiary/aromatic N) is 2.